The number of nitrogens with zero attached hydrogens (tertiary/aromatic N) is 1. The number of hydrogen-bond donors (Lipinski definition) is 0. The molecule has 4 heteroatoms. The van der Waals surface area contributed by atoms with Crippen molar-refractivity contribution in [2.45, 2.75) is 19.9 Å². The lowest BCUT2D eigenvalue weighted by molar-refractivity contribution is -0.130. The molecule has 20 heavy (non-hydrogen) atoms. The smallest absolute Gasteiger partial charge is 0.227 e. The van der Waals surface area contributed by atoms with Gasteiger partial charge >= 0.3 is 0 Å². The molecule has 0 saturated carbocycles. The van der Waals surface area contributed by atoms with E-state index in [-0.39, 0.29) is 5.91 Å². The summed E-state index contributed by atoms with van der Waals surface area (Å²) in [7, 11) is 1.63. The van der Waals surface area contributed by atoms with Crippen molar-refractivity contribution in [2.75, 3.05) is 13.7 Å². The zero-order valence-electron chi connectivity index (χ0n) is 11.8. The fourth-order valence-corrected chi connectivity index (χ4v) is 2.76. The Morgan fingerprint density at radius 3 is 2.80 bits per heavy atom. The van der Waals surface area contributed by atoms with Gasteiger partial charge in [-0.25, -0.2) is 0 Å². The van der Waals surface area contributed by atoms with Gasteiger partial charge in [-0.2, -0.15) is 0 Å². The fraction of sp³-hybridized carbons (Fsp3) is 0.312. The third-order valence-corrected chi connectivity index (χ3v) is 4.01. The van der Waals surface area contributed by atoms with Crippen molar-refractivity contribution in [3.8, 4) is 5.75 Å². The normalized spacial score (nSPS) is 10.3. The van der Waals surface area contributed by atoms with E-state index in [4.69, 9.17) is 4.74 Å². The van der Waals surface area contributed by atoms with Crippen molar-refractivity contribution in [1.29, 1.82) is 0 Å². The van der Waals surface area contributed by atoms with E-state index in [0.29, 0.717) is 13.0 Å². The molecule has 1 aromatic carbocycles. The average molecular weight is 289 g/mol. The van der Waals surface area contributed by atoms with Gasteiger partial charge in [0.15, 0.2) is 0 Å². The lowest BCUT2D eigenvalue weighted by Gasteiger charge is -2.20. The van der Waals surface area contributed by atoms with Gasteiger partial charge in [0.1, 0.15) is 5.75 Å². The SMILES string of the molecule is CCN(Cc1cccs1)C(=O)Cc1cccc(OC)c1. The van der Waals surface area contributed by atoms with Crippen LogP contribution in [0.3, 0.4) is 0 Å². The molecular formula is C16H19NO2S. The molecule has 0 aliphatic carbocycles. The summed E-state index contributed by atoms with van der Waals surface area (Å²) in [4.78, 5) is 15.5. The van der Waals surface area contributed by atoms with Gasteiger partial charge in [-0.15, -0.1) is 11.3 Å². The van der Waals surface area contributed by atoms with Crippen molar-refractivity contribution in [1.82, 2.24) is 4.90 Å². The molecule has 0 spiro atoms. The maximum absolute atomic E-state index is 12.4. The Balaban J connectivity index is 2.01. The highest BCUT2D eigenvalue weighted by Crippen LogP contribution is 2.16. The van der Waals surface area contributed by atoms with Crippen LogP contribution in [-0.2, 0) is 17.8 Å². The Labute approximate surface area is 123 Å². The summed E-state index contributed by atoms with van der Waals surface area (Å²) in [6, 6.07) is 11.7. The third kappa shape index (κ3) is 3.84. The van der Waals surface area contributed by atoms with Crippen molar-refractivity contribution < 1.29 is 9.53 Å². The van der Waals surface area contributed by atoms with Gasteiger partial charge in [-0.1, -0.05) is 18.2 Å². The molecule has 2 rings (SSSR count). The number of carbonyl (C=O) groups excluding carboxylic acids is 1. The number of ether oxygens (including phenoxy) is 1. The molecule has 0 aliphatic heterocycles. The largest absolute Gasteiger partial charge is 0.497 e. The molecule has 0 saturated heterocycles. The third-order valence-electron chi connectivity index (χ3n) is 3.15. The van der Waals surface area contributed by atoms with Crippen molar-refractivity contribution >= 4 is 17.2 Å². The second kappa shape index (κ2) is 7.10. The standard InChI is InChI=1S/C16H19NO2S/c1-3-17(12-15-8-5-9-20-15)16(18)11-13-6-4-7-14(10-13)19-2/h4-10H,3,11-12H2,1-2H3. The number of hydrogen-bond acceptors (Lipinski definition) is 3. The minimum Gasteiger partial charge on any atom is -0.497 e. The van der Waals surface area contributed by atoms with E-state index < -0.39 is 0 Å². The van der Waals surface area contributed by atoms with Crippen LogP contribution >= 0.6 is 11.3 Å². The predicted molar refractivity (Wildman–Crippen MR) is 82.1 cm³/mol. The first-order chi connectivity index (χ1) is 9.72. The molecule has 0 N–H and O–H groups in total. The predicted octanol–water partition coefficient (Wildman–Crippen LogP) is 3.35. The Hall–Kier alpha value is -1.81. The highest BCUT2D eigenvalue weighted by atomic mass is 32.1. The molecule has 0 fully saturated rings. The summed E-state index contributed by atoms with van der Waals surface area (Å²) in [5.41, 5.74) is 0.985. The fourth-order valence-electron chi connectivity index (χ4n) is 2.04. The van der Waals surface area contributed by atoms with E-state index in [1.807, 2.05) is 47.5 Å². The molecule has 0 atom stereocenters. The van der Waals surface area contributed by atoms with E-state index in [1.54, 1.807) is 18.4 Å². The van der Waals surface area contributed by atoms with Crippen LogP contribution in [0.5, 0.6) is 5.75 Å². The first-order valence-corrected chi connectivity index (χ1v) is 7.54. The summed E-state index contributed by atoms with van der Waals surface area (Å²) < 4.78 is 5.19. The molecule has 3 nitrogen and oxygen atoms in total. The molecule has 1 aromatic heterocycles. The topological polar surface area (TPSA) is 29.5 Å². The number of carbonyl (C=O) groups is 1. The second-order valence-corrected chi connectivity index (χ2v) is 5.55. The van der Waals surface area contributed by atoms with Gasteiger partial charge < -0.3 is 9.64 Å². The van der Waals surface area contributed by atoms with Crippen molar-refractivity contribution in [3.05, 3.63) is 52.2 Å². The van der Waals surface area contributed by atoms with E-state index >= 15 is 0 Å². The second-order valence-electron chi connectivity index (χ2n) is 4.52. The van der Waals surface area contributed by atoms with Gasteiger partial charge in [0, 0.05) is 11.4 Å². The summed E-state index contributed by atoms with van der Waals surface area (Å²) in [6.07, 6.45) is 0.413. The zero-order valence-corrected chi connectivity index (χ0v) is 12.7. The Kier molecular flexibility index (Phi) is 5.18. The molecule has 0 bridgehead atoms. The molecule has 0 unspecified atom stereocenters. The van der Waals surface area contributed by atoms with Crippen LogP contribution < -0.4 is 4.74 Å². The van der Waals surface area contributed by atoms with E-state index in [1.165, 1.54) is 4.88 Å². The van der Waals surface area contributed by atoms with E-state index in [2.05, 4.69) is 6.07 Å². The Bertz CT molecular complexity index is 551. The van der Waals surface area contributed by atoms with Crippen LogP contribution in [-0.4, -0.2) is 24.5 Å². The number of rotatable bonds is 6. The summed E-state index contributed by atoms with van der Waals surface area (Å²) in [6.45, 7) is 3.43. The van der Waals surface area contributed by atoms with Gasteiger partial charge in [0.05, 0.1) is 20.1 Å². The number of thiophene rings is 1. The number of methoxy groups -OCH3 is 1. The molecule has 0 aliphatic rings. The summed E-state index contributed by atoms with van der Waals surface area (Å²) in [5.74, 6) is 0.936. The van der Waals surface area contributed by atoms with Crippen LogP contribution in [0.4, 0.5) is 0 Å². The number of benzene rings is 1. The van der Waals surface area contributed by atoms with Crippen LogP contribution in [0.25, 0.3) is 0 Å². The lowest BCUT2D eigenvalue weighted by Crippen LogP contribution is -2.31. The Morgan fingerprint density at radius 2 is 2.15 bits per heavy atom. The van der Waals surface area contributed by atoms with Crippen LogP contribution in [0.15, 0.2) is 41.8 Å². The Morgan fingerprint density at radius 1 is 1.30 bits per heavy atom. The number of likely N-dealkylation sites (N-methyl/N-ethyl adjacent to an activating group) is 1. The summed E-state index contributed by atoms with van der Waals surface area (Å²) >= 11 is 1.68. The molecular weight excluding hydrogens is 270 g/mol. The molecule has 106 valence electrons. The van der Waals surface area contributed by atoms with Gasteiger partial charge in [0.2, 0.25) is 5.91 Å². The molecule has 1 heterocycles. The maximum atomic E-state index is 12.4. The van der Waals surface area contributed by atoms with E-state index in [0.717, 1.165) is 17.9 Å². The van der Waals surface area contributed by atoms with Gasteiger partial charge in [-0.3, -0.25) is 4.79 Å². The van der Waals surface area contributed by atoms with Crippen LogP contribution in [0.1, 0.15) is 17.4 Å². The highest BCUT2D eigenvalue weighted by molar-refractivity contribution is 7.09. The first kappa shape index (κ1) is 14.6. The zero-order chi connectivity index (χ0) is 14.4. The summed E-state index contributed by atoms with van der Waals surface area (Å²) in [5, 5.41) is 2.04. The van der Waals surface area contributed by atoms with Gasteiger partial charge in [-0.05, 0) is 36.1 Å². The molecule has 0 radical (unpaired) electrons. The maximum Gasteiger partial charge on any atom is 0.227 e. The average Bonchev–Trinajstić information content (AvgIpc) is 2.97. The van der Waals surface area contributed by atoms with Crippen LogP contribution in [0, 0.1) is 0 Å². The minimum absolute atomic E-state index is 0.147. The monoisotopic (exact) mass is 289 g/mol. The first-order valence-electron chi connectivity index (χ1n) is 6.66. The van der Waals surface area contributed by atoms with Crippen LogP contribution in [0.2, 0.25) is 0 Å². The number of amides is 1. The highest BCUT2D eigenvalue weighted by Gasteiger charge is 2.13. The lowest BCUT2D eigenvalue weighted by atomic mass is 10.1. The molecule has 2 aromatic rings. The van der Waals surface area contributed by atoms with Crippen molar-refractivity contribution in [2.24, 2.45) is 0 Å². The molecule has 1 amide bonds. The minimum atomic E-state index is 0.147. The quantitative estimate of drug-likeness (QED) is 0.816. The van der Waals surface area contributed by atoms with Crippen molar-refractivity contribution in [3.63, 3.8) is 0 Å². The van der Waals surface area contributed by atoms with E-state index in [9.17, 15) is 4.79 Å². The van der Waals surface area contributed by atoms with Gasteiger partial charge in [0.25, 0.3) is 0 Å².